The fraction of sp³-hybridized carbons (Fsp3) is 0.632. The van der Waals surface area contributed by atoms with Gasteiger partial charge in [0.05, 0.1) is 5.56 Å². The molecule has 1 amide bonds. The Morgan fingerprint density at radius 2 is 1.72 bits per heavy atom. The number of nitrogens with one attached hydrogen (secondary N) is 1. The molecule has 0 unspecified atom stereocenters. The Labute approximate surface area is 152 Å². The standard InChI is InChI=1S/C19H24N2O3S/c20-11-15-12-7-3-1-2-4-10-16(12)25-18(15)21-17(22)13-8-5-6-9-14(13)19(23)24/h13-14H,1-10H2,(H,21,22)(H,23,24)/p-1/t13-,14+/m1/s1. The molecule has 1 saturated carbocycles. The van der Waals surface area contributed by atoms with E-state index in [1.165, 1.54) is 29.1 Å². The molecule has 0 spiro atoms. The minimum atomic E-state index is -1.14. The zero-order valence-corrected chi connectivity index (χ0v) is 15.1. The summed E-state index contributed by atoms with van der Waals surface area (Å²) in [6, 6.07) is 2.26. The van der Waals surface area contributed by atoms with Crippen molar-refractivity contribution < 1.29 is 14.7 Å². The second kappa shape index (κ2) is 8.01. The molecule has 0 saturated heterocycles. The first-order valence-corrected chi connectivity index (χ1v) is 10.00. The molecule has 1 fully saturated rings. The average molecular weight is 359 g/mol. The van der Waals surface area contributed by atoms with Gasteiger partial charge in [-0.2, -0.15) is 5.26 Å². The van der Waals surface area contributed by atoms with Crippen LogP contribution in [0.4, 0.5) is 5.00 Å². The van der Waals surface area contributed by atoms with E-state index in [1.807, 2.05) is 0 Å². The molecule has 1 aromatic heterocycles. The van der Waals surface area contributed by atoms with Gasteiger partial charge in [0.1, 0.15) is 11.1 Å². The second-order valence-electron chi connectivity index (χ2n) is 7.04. The third kappa shape index (κ3) is 3.87. The predicted molar refractivity (Wildman–Crippen MR) is 94.0 cm³/mol. The molecule has 1 N–H and O–H groups in total. The molecule has 0 aromatic carbocycles. The van der Waals surface area contributed by atoms with E-state index in [-0.39, 0.29) is 5.91 Å². The van der Waals surface area contributed by atoms with E-state index in [0.717, 1.165) is 44.1 Å². The smallest absolute Gasteiger partial charge is 0.228 e. The van der Waals surface area contributed by atoms with Gasteiger partial charge in [0.15, 0.2) is 0 Å². The van der Waals surface area contributed by atoms with Crippen LogP contribution in [0, 0.1) is 23.2 Å². The lowest BCUT2D eigenvalue weighted by Crippen LogP contribution is -2.42. The van der Waals surface area contributed by atoms with Gasteiger partial charge in [-0.25, -0.2) is 0 Å². The van der Waals surface area contributed by atoms with Crippen LogP contribution in [0.5, 0.6) is 0 Å². The number of carboxylic acid groups (broad SMARTS) is 1. The van der Waals surface area contributed by atoms with Crippen LogP contribution in [-0.2, 0) is 22.4 Å². The summed E-state index contributed by atoms with van der Waals surface area (Å²) in [5.74, 6) is -2.70. The Kier molecular flexibility index (Phi) is 5.74. The van der Waals surface area contributed by atoms with Crippen molar-refractivity contribution in [1.82, 2.24) is 0 Å². The van der Waals surface area contributed by atoms with Crippen LogP contribution >= 0.6 is 11.3 Å². The van der Waals surface area contributed by atoms with Gasteiger partial charge in [-0.15, -0.1) is 11.3 Å². The van der Waals surface area contributed by atoms with Gasteiger partial charge < -0.3 is 15.2 Å². The number of hydrogen-bond acceptors (Lipinski definition) is 5. The van der Waals surface area contributed by atoms with Crippen LogP contribution < -0.4 is 10.4 Å². The number of carbonyl (C=O) groups excluding carboxylic acids is 2. The molecule has 2 aliphatic rings. The van der Waals surface area contributed by atoms with Gasteiger partial charge in [0, 0.05) is 22.7 Å². The van der Waals surface area contributed by atoms with Crippen LogP contribution in [0.2, 0.25) is 0 Å². The molecule has 0 bridgehead atoms. The maximum Gasteiger partial charge on any atom is 0.228 e. The summed E-state index contributed by atoms with van der Waals surface area (Å²) in [6.07, 6.45) is 9.14. The van der Waals surface area contributed by atoms with Gasteiger partial charge in [-0.1, -0.05) is 25.7 Å². The highest BCUT2D eigenvalue weighted by molar-refractivity contribution is 7.16. The number of fused-ring (bicyclic) bond motifs is 1. The molecular weight excluding hydrogens is 336 g/mol. The number of rotatable bonds is 3. The molecule has 1 heterocycles. The van der Waals surface area contributed by atoms with Crippen LogP contribution in [0.3, 0.4) is 0 Å². The molecule has 0 radical (unpaired) electrons. The Hall–Kier alpha value is -1.87. The van der Waals surface area contributed by atoms with Gasteiger partial charge in [-0.05, 0) is 44.1 Å². The Morgan fingerprint density at radius 3 is 2.40 bits per heavy atom. The fourth-order valence-electron chi connectivity index (χ4n) is 4.06. The predicted octanol–water partition coefficient (Wildman–Crippen LogP) is 2.77. The van der Waals surface area contributed by atoms with E-state index in [9.17, 15) is 20.0 Å². The minimum absolute atomic E-state index is 0.278. The summed E-state index contributed by atoms with van der Waals surface area (Å²) in [5.41, 5.74) is 1.67. The first-order chi connectivity index (χ1) is 12.1. The van der Waals surface area contributed by atoms with Crippen LogP contribution in [0.1, 0.15) is 67.4 Å². The zero-order chi connectivity index (χ0) is 17.8. The van der Waals surface area contributed by atoms with Gasteiger partial charge in [0.2, 0.25) is 5.91 Å². The number of thiophene rings is 1. The molecule has 1 aromatic rings. The number of amides is 1. The Balaban J connectivity index is 1.82. The monoisotopic (exact) mass is 359 g/mol. The quantitative estimate of drug-likeness (QED) is 0.898. The van der Waals surface area contributed by atoms with E-state index in [0.29, 0.717) is 23.4 Å². The first-order valence-electron chi connectivity index (χ1n) is 9.18. The average Bonchev–Trinajstić information content (AvgIpc) is 2.90. The van der Waals surface area contributed by atoms with Crippen molar-refractivity contribution >= 4 is 28.2 Å². The number of carbonyl (C=O) groups is 2. The van der Waals surface area contributed by atoms with Gasteiger partial charge in [0.25, 0.3) is 0 Å². The highest BCUT2D eigenvalue weighted by Gasteiger charge is 2.32. The van der Waals surface area contributed by atoms with E-state index >= 15 is 0 Å². The SMILES string of the molecule is N#Cc1c(NC(=O)[C@@H]2CCCC[C@@H]2C(=O)[O-])sc2c1CCCCCC2. The summed E-state index contributed by atoms with van der Waals surface area (Å²) in [6.45, 7) is 0. The second-order valence-corrected chi connectivity index (χ2v) is 8.14. The molecule has 0 aliphatic heterocycles. The molecule has 25 heavy (non-hydrogen) atoms. The third-order valence-corrected chi connectivity index (χ3v) is 6.63. The van der Waals surface area contributed by atoms with Crippen molar-refractivity contribution in [2.45, 2.75) is 64.2 Å². The van der Waals surface area contributed by atoms with Crippen molar-refractivity contribution in [2.75, 3.05) is 5.32 Å². The van der Waals surface area contributed by atoms with Gasteiger partial charge in [-0.3, -0.25) is 4.79 Å². The molecule has 2 atom stereocenters. The number of hydrogen-bond donors (Lipinski definition) is 1. The van der Waals surface area contributed by atoms with Crippen molar-refractivity contribution in [3.05, 3.63) is 16.0 Å². The Bertz CT molecular complexity index is 704. The highest BCUT2D eigenvalue weighted by Crippen LogP contribution is 2.38. The lowest BCUT2D eigenvalue weighted by molar-refractivity contribution is -0.313. The lowest BCUT2D eigenvalue weighted by Gasteiger charge is -2.31. The van der Waals surface area contributed by atoms with Gasteiger partial charge >= 0.3 is 0 Å². The highest BCUT2D eigenvalue weighted by atomic mass is 32.1. The summed E-state index contributed by atoms with van der Waals surface area (Å²) < 4.78 is 0. The lowest BCUT2D eigenvalue weighted by atomic mass is 9.79. The van der Waals surface area contributed by atoms with E-state index in [4.69, 9.17) is 0 Å². The van der Waals surface area contributed by atoms with Crippen molar-refractivity contribution in [3.63, 3.8) is 0 Å². The molecule has 3 rings (SSSR count). The number of nitrogens with zero attached hydrogens (tertiary/aromatic N) is 1. The largest absolute Gasteiger partial charge is 0.550 e. The first kappa shape index (κ1) is 17.9. The maximum absolute atomic E-state index is 12.7. The summed E-state index contributed by atoms with van der Waals surface area (Å²) >= 11 is 1.49. The van der Waals surface area contributed by atoms with Crippen molar-refractivity contribution in [1.29, 1.82) is 5.26 Å². The zero-order valence-electron chi connectivity index (χ0n) is 14.3. The van der Waals surface area contributed by atoms with Crippen molar-refractivity contribution in [2.24, 2.45) is 11.8 Å². The van der Waals surface area contributed by atoms with E-state index < -0.39 is 17.8 Å². The maximum atomic E-state index is 12.7. The minimum Gasteiger partial charge on any atom is -0.550 e. The summed E-state index contributed by atoms with van der Waals surface area (Å²) in [5, 5.41) is 24.4. The topological polar surface area (TPSA) is 93.0 Å². The number of aliphatic carboxylic acids is 1. The number of carboxylic acids is 1. The van der Waals surface area contributed by atoms with E-state index in [2.05, 4.69) is 11.4 Å². The molecule has 2 aliphatic carbocycles. The number of anilines is 1. The number of nitriles is 1. The fourth-order valence-corrected chi connectivity index (χ4v) is 5.30. The van der Waals surface area contributed by atoms with Crippen LogP contribution in [0.15, 0.2) is 0 Å². The molecule has 6 heteroatoms. The molecular formula is C19H23N2O3S-. The Morgan fingerprint density at radius 1 is 1.04 bits per heavy atom. The van der Waals surface area contributed by atoms with E-state index in [1.54, 1.807) is 0 Å². The van der Waals surface area contributed by atoms with Crippen LogP contribution in [-0.4, -0.2) is 11.9 Å². The van der Waals surface area contributed by atoms with Crippen molar-refractivity contribution in [3.8, 4) is 6.07 Å². The third-order valence-electron chi connectivity index (χ3n) is 5.43. The summed E-state index contributed by atoms with van der Waals surface area (Å²) in [7, 11) is 0. The number of aryl methyl sites for hydroxylation is 1. The summed E-state index contributed by atoms with van der Waals surface area (Å²) in [4.78, 5) is 25.2. The normalized spacial score (nSPS) is 23.6. The molecule has 5 nitrogen and oxygen atoms in total. The van der Waals surface area contributed by atoms with Crippen LogP contribution in [0.25, 0.3) is 0 Å². The molecule has 134 valence electrons.